The molecule has 10 aromatic rings. The zero-order valence-corrected chi connectivity index (χ0v) is 33.3. The number of hydrogen-bond donors (Lipinski definition) is 0. The van der Waals surface area contributed by atoms with Crippen molar-refractivity contribution in [2.45, 2.75) is 20.0 Å². The van der Waals surface area contributed by atoms with Crippen molar-refractivity contribution in [2.75, 3.05) is 9.80 Å². The number of furan rings is 1. The molecule has 1 aliphatic rings. The molecule has 0 unspecified atom stereocenters. The van der Waals surface area contributed by atoms with Crippen LogP contribution >= 0.6 is 11.3 Å². The number of aryl methyl sites for hydroxylation is 1. The van der Waals surface area contributed by atoms with Crippen molar-refractivity contribution in [3.05, 3.63) is 181 Å². The van der Waals surface area contributed by atoms with Crippen molar-refractivity contribution in [1.29, 1.82) is 0 Å². The van der Waals surface area contributed by atoms with Gasteiger partial charge in [-0.1, -0.05) is 92.0 Å². The average molecular weight is 755 g/mol. The topological polar surface area (TPSA) is 19.6 Å². The second-order valence-corrected chi connectivity index (χ2v) is 20.8. The van der Waals surface area contributed by atoms with Gasteiger partial charge in [0.2, 0.25) is 0 Å². The molecule has 8 aromatic carbocycles. The predicted molar refractivity (Wildman–Crippen MR) is 243 cm³/mol. The second kappa shape index (κ2) is 12.6. The van der Waals surface area contributed by atoms with E-state index in [-0.39, 0.29) is 0 Å². The number of thiophene rings is 1. The molecule has 0 fully saturated rings. The zero-order valence-electron chi connectivity index (χ0n) is 31.5. The van der Waals surface area contributed by atoms with Gasteiger partial charge in [0.05, 0.1) is 0 Å². The van der Waals surface area contributed by atoms with Crippen LogP contribution in [0.3, 0.4) is 0 Å². The first-order valence-electron chi connectivity index (χ1n) is 19.3. The highest BCUT2D eigenvalue weighted by Crippen LogP contribution is 2.45. The van der Waals surface area contributed by atoms with Gasteiger partial charge in [0.25, 0.3) is 0 Å². The van der Waals surface area contributed by atoms with E-state index in [2.05, 4.69) is 200 Å². The summed E-state index contributed by atoms with van der Waals surface area (Å²) in [7, 11) is -2.05. The lowest BCUT2D eigenvalue weighted by atomic mass is 10.0. The van der Waals surface area contributed by atoms with Crippen molar-refractivity contribution in [3.8, 4) is 11.1 Å². The summed E-state index contributed by atoms with van der Waals surface area (Å²) in [5, 5.41) is 7.84. The summed E-state index contributed by atoms with van der Waals surface area (Å²) in [5.74, 6) is 0. The number of benzene rings is 8. The van der Waals surface area contributed by atoms with Crippen LogP contribution in [0.2, 0.25) is 13.1 Å². The van der Waals surface area contributed by atoms with Gasteiger partial charge in [0.15, 0.2) is 0 Å². The number of anilines is 6. The third-order valence-corrected chi connectivity index (χ3v) is 16.4. The van der Waals surface area contributed by atoms with Crippen LogP contribution in [0.5, 0.6) is 0 Å². The van der Waals surface area contributed by atoms with Crippen LogP contribution in [0.15, 0.2) is 180 Å². The van der Waals surface area contributed by atoms with Crippen molar-refractivity contribution in [2.24, 2.45) is 0 Å². The molecule has 0 saturated heterocycles. The molecule has 0 spiro atoms. The van der Waals surface area contributed by atoms with Crippen molar-refractivity contribution in [1.82, 2.24) is 0 Å². The Hall–Kier alpha value is -6.40. The van der Waals surface area contributed by atoms with Gasteiger partial charge in [-0.2, -0.15) is 0 Å². The fraction of sp³-hybridized carbons (Fsp3) is 0.0588. The Morgan fingerprint density at radius 1 is 0.429 bits per heavy atom. The second-order valence-electron chi connectivity index (χ2n) is 15.4. The normalized spacial score (nSPS) is 13.1. The molecule has 0 amide bonds. The lowest BCUT2D eigenvalue weighted by Crippen LogP contribution is -2.49. The Bertz CT molecular complexity index is 3110. The first-order valence-corrected chi connectivity index (χ1v) is 23.1. The summed E-state index contributed by atoms with van der Waals surface area (Å²) < 4.78 is 8.93. The molecule has 2 aromatic heterocycles. The van der Waals surface area contributed by atoms with E-state index in [0.717, 1.165) is 50.4 Å². The predicted octanol–water partition coefficient (Wildman–Crippen LogP) is 14.0. The molecule has 5 heteroatoms. The van der Waals surface area contributed by atoms with E-state index in [9.17, 15) is 0 Å². The minimum Gasteiger partial charge on any atom is -0.456 e. The average Bonchev–Trinajstić information content (AvgIpc) is 3.87. The Morgan fingerprint density at radius 3 is 1.82 bits per heavy atom. The molecule has 0 bridgehead atoms. The summed E-state index contributed by atoms with van der Waals surface area (Å²) in [6.45, 7) is 7.24. The van der Waals surface area contributed by atoms with Gasteiger partial charge >= 0.3 is 0 Å². The molecule has 56 heavy (non-hydrogen) atoms. The number of fused-ring (bicyclic) bond motifs is 9. The molecule has 0 radical (unpaired) electrons. The fourth-order valence-electron chi connectivity index (χ4n) is 9.04. The van der Waals surface area contributed by atoms with Gasteiger partial charge in [-0.25, -0.2) is 0 Å². The summed E-state index contributed by atoms with van der Waals surface area (Å²) in [6.07, 6.45) is 0. The van der Waals surface area contributed by atoms with Crippen molar-refractivity contribution >= 4 is 106 Å². The maximum Gasteiger partial charge on any atom is 0.135 e. The maximum atomic E-state index is 6.30. The zero-order chi connectivity index (χ0) is 37.5. The highest BCUT2D eigenvalue weighted by molar-refractivity contribution is 7.25. The van der Waals surface area contributed by atoms with Crippen LogP contribution in [0.1, 0.15) is 5.56 Å². The third-order valence-electron chi connectivity index (χ3n) is 11.8. The smallest absolute Gasteiger partial charge is 0.135 e. The first-order chi connectivity index (χ1) is 27.4. The van der Waals surface area contributed by atoms with Crippen molar-refractivity contribution < 1.29 is 4.42 Å². The van der Waals surface area contributed by atoms with Crippen LogP contribution in [-0.4, -0.2) is 8.07 Å². The van der Waals surface area contributed by atoms with E-state index in [0.29, 0.717) is 0 Å². The summed E-state index contributed by atoms with van der Waals surface area (Å²) in [4.78, 5) is 4.82. The van der Waals surface area contributed by atoms with E-state index in [1.165, 1.54) is 52.9 Å². The molecule has 0 saturated carbocycles. The van der Waals surface area contributed by atoms with Gasteiger partial charge < -0.3 is 14.2 Å². The first kappa shape index (κ1) is 33.0. The van der Waals surface area contributed by atoms with Crippen molar-refractivity contribution in [3.63, 3.8) is 0 Å². The molecule has 1 aliphatic heterocycles. The molecule has 268 valence electrons. The Balaban J connectivity index is 1.09. The van der Waals surface area contributed by atoms with Crippen LogP contribution < -0.4 is 20.2 Å². The number of hydrogen-bond acceptors (Lipinski definition) is 4. The highest BCUT2D eigenvalue weighted by atomic mass is 32.1. The van der Waals surface area contributed by atoms with E-state index >= 15 is 0 Å². The number of para-hydroxylation sites is 3. The molecule has 0 N–H and O–H groups in total. The third kappa shape index (κ3) is 5.08. The van der Waals surface area contributed by atoms with Crippen LogP contribution in [0.4, 0.5) is 34.1 Å². The summed E-state index contributed by atoms with van der Waals surface area (Å²) >= 11 is 1.87. The monoisotopic (exact) mass is 754 g/mol. The molecular formula is C51H38N2OSSi. The Kier molecular flexibility index (Phi) is 7.40. The van der Waals surface area contributed by atoms with Gasteiger partial charge in [0.1, 0.15) is 19.2 Å². The van der Waals surface area contributed by atoms with Crippen LogP contribution in [0.25, 0.3) is 53.2 Å². The van der Waals surface area contributed by atoms with E-state index in [1.54, 1.807) is 0 Å². The highest BCUT2D eigenvalue weighted by Gasteiger charge is 2.38. The number of rotatable bonds is 6. The molecule has 0 aliphatic carbocycles. The Labute approximate surface area is 331 Å². The van der Waals surface area contributed by atoms with Gasteiger partial charge in [0, 0.05) is 65.1 Å². The largest absolute Gasteiger partial charge is 0.456 e. The van der Waals surface area contributed by atoms with E-state index in [1.807, 2.05) is 17.4 Å². The standard InChI is InChI=1S/C51H38N2OSSi/c1-33-13-12-20-48-51(33)44-31-37(23-27-47(44)55-48)53(36-22-26-46-42(29-36)40-18-10-11-19-45(40)54-46)38-24-28-49-43(30-38)41-25-21-39(32-50(41)56(49,2)3)52(34-14-6-4-7-15-34)35-16-8-5-9-17-35/h4-32H,1-3H3. The summed E-state index contributed by atoms with van der Waals surface area (Å²) in [6, 6.07) is 64.4. The SMILES string of the molecule is Cc1cccc2sc3ccc(N(c4ccc5c(c4)-c4ccc(N(c6ccccc6)c6ccccc6)cc4[Si]5(C)C)c4ccc5oc6ccccc6c5c4)cc3c12. The van der Waals surface area contributed by atoms with E-state index < -0.39 is 8.07 Å². The van der Waals surface area contributed by atoms with Gasteiger partial charge in [-0.15, -0.1) is 11.3 Å². The molecule has 11 rings (SSSR count). The Morgan fingerprint density at radius 2 is 1.04 bits per heavy atom. The molecule has 3 heterocycles. The van der Waals surface area contributed by atoms with Crippen LogP contribution in [-0.2, 0) is 0 Å². The molecule has 0 atom stereocenters. The van der Waals surface area contributed by atoms with Gasteiger partial charge in [-0.05, 0) is 131 Å². The van der Waals surface area contributed by atoms with E-state index in [4.69, 9.17) is 4.42 Å². The fourth-order valence-corrected chi connectivity index (χ4v) is 13.3. The number of nitrogens with zero attached hydrogens (tertiary/aromatic N) is 2. The minimum absolute atomic E-state index is 0.899. The quantitative estimate of drug-likeness (QED) is 0.158. The lowest BCUT2D eigenvalue weighted by molar-refractivity contribution is 0.669. The van der Waals surface area contributed by atoms with Crippen LogP contribution in [0, 0.1) is 6.92 Å². The minimum atomic E-state index is -2.05. The molecular weight excluding hydrogens is 717 g/mol. The maximum absolute atomic E-state index is 6.30. The molecule has 3 nitrogen and oxygen atoms in total. The lowest BCUT2D eigenvalue weighted by Gasteiger charge is -2.27. The van der Waals surface area contributed by atoms with Gasteiger partial charge in [-0.3, -0.25) is 0 Å². The summed E-state index contributed by atoms with van der Waals surface area (Å²) in [5.41, 5.74) is 12.7.